The number of hydrogen-bond acceptors (Lipinski definition) is 5. The van der Waals surface area contributed by atoms with E-state index in [1.165, 1.54) is 13.2 Å². The van der Waals surface area contributed by atoms with Crippen molar-refractivity contribution in [2.45, 2.75) is 12.2 Å². The first-order valence-electron chi connectivity index (χ1n) is 8.08. The van der Waals surface area contributed by atoms with E-state index < -0.39 is 17.4 Å². The van der Waals surface area contributed by atoms with E-state index in [-0.39, 0.29) is 11.1 Å². The first-order chi connectivity index (χ1) is 12.4. The molecule has 2 aromatic rings. The number of Topliss-reactive ketones (excluding diaryl/α,β-unsaturated/α-hetero) is 1. The van der Waals surface area contributed by atoms with Gasteiger partial charge in [0.15, 0.2) is 5.78 Å². The second kappa shape index (κ2) is 7.07. The summed E-state index contributed by atoms with van der Waals surface area (Å²) in [6.07, 6.45) is 2.84. The maximum atomic E-state index is 12.6. The van der Waals surface area contributed by atoms with Crippen LogP contribution in [0.15, 0.2) is 72.3 Å². The zero-order chi connectivity index (χ0) is 18.7. The maximum Gasteiger partial charge on any atom is 0.259 e. The molecular weight excluding hydrogens is 332 g/mol. The molecule has 26 heavy (non-hydrogen) atoms. The van der Waals surface area contributed by atoms with Crippen molar-refractivity contribution in [1.29, 1.82) is 0 Å². The molecule has 5 heteroatoms. The summed E-state index contributed by atoms with van der Waals surface area (Å²) in [5.41, 5.74) is 0.933. The third-order valence-corrected chi connectivity index (χ3v) is 4.26. The summed E-state index contributed by atoms with van der Waals surface area (Å²) in [6.45, 7) is 0. The van der Waals surface area contributed by atoms with Gasteiger partial charge in [-0.05, 0) is 35.8 Å². The Balaban J connectivity index is 1.95. The standard InChI is InChI=1S/C21H18O5/c1-26-16-10-8-15(9-11-16)17-13-19(22)18(21(24,25)20(17)23)12-7-14-5-3-2-4-6-14/h2-6,8-13,24-25H,7H2,1H3. The van der Waals surface area contributed by atoms with Crippen LogP contribution in [0, 0.1) is 0 Å². The number of allylic oxidation sites excluding steroid dienone is 2. The van der Waals surface area contributed by atoms with E-state index in [0.29, 0.717) is 17.7 Å². The first-order valence-corrected chi connectivity index (χ1v) is 8.08. The van der Waals surface area contributed by atoms with Crippen LogP contribution in [0.1, 0.15) is 11.1 Å². The highest BCUT2D eigenvalue weighted by Crippen LogP contribution is 2.32. The number of ether oxygens (including phenoxy) is 1. The third-order valence-electron chi connectivity index (χ3n) is 4.26. The molecule has 0 bridgehead atoms. The normalized spacial score (nSPS) is 18.0. The van der Waals surface area contributed by atoms with Gasteiger partial charge in [0.2, 0.25) is 5.78 Å². The number of methoxy groups -OCH3 is 1. The number of hydrogen-bond donors (Lipinski definition) is 2. The van der Waals surface area contributed by atoms with Gasteiger partial charge in [0.25, 0.3) is 5.79 Å². The molecule has 0 aliphatic heterocycles. The van der Waals surface area contributed by atoms with E-state index in [4.69, 9.17) is 4.74 Å². The monoisotopic (exact) mass is 350 g/mol. The summed E-state index contributed by atoms with van der Waals surface area (Å²) >= 11 is 0. The van der Waals surface area contributed by atoms with Gasteiger partial charge in [-0.1, -0.05) is 48.5 Å². The van der Waals surface area contributed by atoms with Crippen LogP contribution in [-0.4, -0.2) is 34.7 Å². The fraction of sp³-hybridized carbons (Fsp3) is 0.143. The summed E-state index contributed by atoms with van der Waals surface area (Å²) in [7, 11) is 1.51. The van der Waals surface area contributed by atoms with Crippen LogP contribution >= 0.6 is 0 Å². The molecule has 1 aliphatic carbocycles. The Morgan fingerprint density at radius 2 is 1.65 bits per heavy atom. The van der Waals surface area contributed by atoms with E-state index in [2.05, 4.69) is 0 Å². The Bertz CT molecular complexity index is 890. The van der Waals surface area contributed by atoms with Gasteiger partial charge in [-0.3, -0.25) is 9.59 Å². The maximum absolute atomic E-state index is 12.6. The quantitative estimate of drug-likeness (QED) is 0.652. The fourth-order valence-corrected chi connectivity index (χ4v) is 2.82. The molecule has 0 saturated carbocycles. The molecule has 5 nitrogen and oxygen atoms in total. The highest BCUT2D eigenvalue weighted by Gasteiger charge is 2.46. The Hall–Kier alpha value is -3.02. The van der Waals surface area contributed by atoms with Gasteiger partial charge < -0.3 is 14.9 Å². The number of carbonyl (C=O) groups is 2. The molecule has 2 aromatic carbocycles. The van der Waals surface area contributed by atoms with E-state index in [1.54, 1.807) is 24.3 Å². The fourth-order valence-electron chi connectivity index (χ4n) is 2.82. The van der Waals surface area contributed by atoms with Gasteiger partial charge in [-0.25, -0.2) is 0 Å². The largest absolute Gasteiger partial charge is 0.497 e. The molecule has 1 aliphatic rings. The van der Waals surface area contributed by atoms with Crippen LogP contribution in [0.4, 0.5) is 0 Å². The van der Waals surface area contributed by atoms with Crippen LogP contribution in [-0.2, 0) is 16.0 Å². The molecule has 132 valence electrons. The van der Waals surface area contributed by atoms with Crippen molar-refractivity contribution in [3.63, 3.8) is 0 Å². The minimum absolute atomic E-state index is 0.0421. The number of benzene rings is 2. The second-order valence-electron chi connectivity index (χ2n) is 5.96. The smallest absolute Gasteiger partial charge is 0.259 e. The molecular formula is C21H18O5. The van der Waals surface area contributed by atoms with E-state index in [1.807, 2.05) is 30.3 Å². The third kappa shape index (κ3) is 3.35. The highest BCUT2D eigenvalue weighted by molar-refractivity contribution is 6.35. The van der Waals surface area contributed by atoms with Gasteiger partial charge in [-0.15, -0.1) is 0 Å². The Morgan fingerprint density at radius 3 is 2.27 bits per heavy atom. The Labute approximate surface area is 150 Å². The predicted octanol–water partition coefficient (Wildman–Crippen LogP) is 2.08. The van der Waals surface area contributed by atoms with E-state index >= 15 is 0 Å². The molecule has 0 spiro atoms. The van der Waals surface area contributed by atoms with Crippen molar-refractivity contribution >= 4 is 17.1 Å². The number of carbonyl (C=O) groups excluding carboxylic acids is 2. The molecule has 0 aromatic heterocycles. The molecule has 0 unspecified atom stereocenters. The van der Waals surface area contributed by atoms with E-state index in [9.17, 15) is 19.8 Å². The summed E-state index contributed by atoms with van der Waals surface area (Å²) in [5, 5.41) is 20.7. The van der Waals surface area contributed by atoms with Crippen LogP contribution in [0.25, 0.3) is 5.57 Å². The minimum atomic E-state index is -2.85. The lowest BCUT2D eigenvalue weighted by molar-refractivity contribution is -0.165. The zero-order valence-electron chi connectivity index (χ0n) is 14.2. The number of rotatable bonds is 4. The molecule has 2 N–H and O–H groups in total. The van der Waals surface area contributed by atoms with Crippen LogP contribution in [0.2, 0.25) is 0 Å². The summed E-state index contributed by atoms with van der Waals surface area (Å²) in [6, 6.07) is 15.7. The molecule has 0 amide bonds. The molecule has 0 fully saturated rings. The van der Waals surface area contributed by atoms with Crippen LogP contribution in [0.5, 0.6) is 5.75 Å². The lowest BCUT2D eigenvalue weighted by Crippen LogP contribution is -2.46. The summed E-state index contributed by atoms with van der Waals surface area (Å²) < 4.78 is 5.06. The highest BCUT2D eigenvalue weighted by atomic mass is 16.5. The molecule has 3 rings (SSSR count). The SMILES string of the molecule is COc1ccc(C2=CC(=O)C(=CCc3ccccc3)C(O)(O)C2=O)cc1. The van der Waals surface area contributed by atoms with Crippen LogP contribution < -0.4 is 4.74 Å². The summed E-state index contributed by atoms with van der Waals surface area (Å²) in [5.74, 6) is -3.79. The Morgan fingerprint density at radius 1 is 1.00 bits per heavy atom. The number of ketones is 2. The average Bonchev–Trinajstić information content (AvgIpc) is 2.65. The van der Waals surface area contributed by atoms with Gasteiger partial charge in [-0.2, -0.15) is 0 Å². The number of aliphatic hydroxyl groups is 2. The van der Waals surface area contributed by atoms with Crippen molar-refractivity contribution in [3.8, 4) is 5.75 Å². The van der Waals surface area contributed by atoms with Gasteiger partial charge in [0, 0.05) is 5.57 Å². The molecule has 0 heterocycles. The van der Waals surface area contributed by atoms with Crippen molar-refractivity contribution in [3.05, 3.63) is 83.4 Å². The zero-order valence-corrected chi connectivity index (χ0v) is 14.2. The van der Waals surface area contributed by atoms with Gasteiger partial charge in [0.05, 0.1) is 12.7 Å². The average molecular weight is 350 g/mol. The molecule has 0 radical (unpaired) electrons. The first kappa shape index (κ1) is 17.8. The Kier molecular flexibility index (Phi) is 4.84. The van der Waals surface area contributed by atoms with Crippen molar-refractivity contribution in [2.24, 2.45) is 0 Å². The minimum Gasteiger partial charge on any atom is -0.497 e. The molecule has 0 saturated heterocycles. The summed E-state index contributed by atoms with van der Waals surface area (Å²) in [4.78, 5) is 25.0. The van der Waals surface area contributed by atoms with Crippen LogP contribution in [0.3, 0.4) is 0 Å². The van der Waals surface area contributed by atoms with Gasteiger partial charge in [0.1, 0.15) is 5.75 Å². The van der Waals surface area contributed by atoms with Crippen molar-refractivity contribution in [2.75, 3.05) is 7.11 Å². The van der Waals surface area contributed by atoms with E-state index in [0.717, 1.165) is 11.6 Å². The van der Waals surface area contributed by atoms with Crippen molar-refractivity contribution < 1.29 is 24.5 Å². The van der Waals surface area contributed by atoms with Crippen molar-refractivity contribution in [1.82, 2.24) is 0 Å². The lowest BCUT2D eigenvalue weighted by Gasteiger charge is -2.27. The predicted molar refractivity (Wildman–Crippen MR) is 96.4 cm³/mol. The second-order valence-corrected chi connectivity index (χ2v) is 5.96. The lowest BCUT2D eigenvalue weighted by atomic mass is 9.83. The topological polar surface area (TPSA) is 83.8 Å². The van der Waals surface area contributed by atoms with Gasteiger partial charge >= 0.3 is 0 Å². The molecule has 0 atom stereocenters.